The van der Waals surface area contributed by atoms with Crippen molar-refractivity contribution >= 4 is 44.8 Å². The van der Waals surface area contributed by atoms with E-state index < -0.39 is 9.84 Å². The Balaban J connectivity index is 2.18. The molecule has 3 nitrogen and oxygen atoms in total. The van der Waals surface area contributed by atoms with Crippen molar-refractivity contribution in [3.8, 4) is 0 Å². The highest BCUT2D eigenvalue weighted by Gasteiger charge is 2.08. The van der Waals surface area contributed by atoms with Gasteiger partial charge in [0.05, 0.1) is 5.75 Å². The number of rotatable bonds is 4. The highest BCUT2D eigenvalue weighted by Crippen LogP contribution is 2.20. The van der Waals surface area contributed by atoms with Crippen molar-refractivity contribution in [2.45, 2.75) is 5.75 Å². The predicted octanol–water partition coefficient (Wildman–Crippen LogP) is 4.16. The van der Waals surface area contributed by atoms with Crippen LogP contribution in [0.2, 0.25) is 10.0 Å². The first kappa shape index (κ1) is 15.9. The summed E-state index contributed by atoms with van der Waals surface area (Å²) in [5.41, 5.74) is 7.48. The summed E-state index contributed by atoms with van der Waals surface area (Å²) >= 11 is 11.6. The van der Waals surface area contributed by atoms with Crippen LogP contribution in [-0.2, 0) is 15.6 Å². The van der Waals surface area contributed by atoms with Crippen molar-refractivity contribution in [2.24, 2.45) is 0 Å². The van der Waals surface area contributed by atoms with E-state index in [1.54, 1.807) is 42.5 Å². The van der Waals surface area contributed by atoms with Gasteiger partial charge < -0.3 is 5.73 Å². The number of hydrogen-bond acceptors (Lipinski definition) is 3. The van der Waals surface area contributed by atoms with E-state index in [0.717, 1.165) is 5.41 Å². The molecule has 0 bridgehead atoms. The average molecular weight is 342 g/mol. The van der Waals surface area contributed by atoms with Crippen molar-refractivity contribution in [3.05, 3.63) is 69.0 Å². The predicted molar refractivity (Wildman–Crippen MR) is 89.0 cm³/mol. The molecule has 21 heavy (non-hydrogen) atoms. The van der Waals surface area contributed by atoms with Crippen molar-refractivity contribution < 1.29 is 8.42 Å². The molecule has 0 aliphatic carbocycles. The van der Waals surface area contributed by atoms with Crippen LogP contribution in [-0.4, -0.2) is 8.42 Å². The molecule has 0 aromatic heterocycles. The second-order valence-corrected chi connectivity index (χ2v) is 7.27. The standard InChI is InChI=1S/C15H13Cl2NO2S/c16-13-3-1-11(2-4-13)10-21(19,20)8-7-12-9-14(17)5-6-15(12)18/h1-9H,10,18H2/b8-7+. The largest absolute Gasteiger partial charge is 0.398 e. The van der Waals surface area contributed by atoms with Gasteiger partial charge in [-0.1, -0.05) is 35.3 Å². The lowest BCUT2D eigenvalue weighted by atomic mass is 10.2. The van der Waals surface area contributed by atoms with Gasteiger partial charge in [0.15, 0.2) is 9.84 Å². The number of anilines is 1. The molecule has 6 heteroatoms. The molecule has 2 rings (SSSR count). The Labute approximate surface area is 133 Å². The first-order valence-corrected chi connectivity index (χ1v) is 8.53. The molecule has 0 unspecified atom stereocenters. The molecule has 0 amide bonds. The fraction of sp³-hybridized carbons (Fsp3) is 0.0667. The van der Waals surface area contributed by atoms with Crippen LogP contribution in [0.5, 0.6) is 0 Å². The minimum atomic E-state index is -3.40. The second-order valence-electron chi connectivity index (χ2n) is 4.51. The molecule has 0 aliphatic rings. The second kappa shape index (κ2) is 6.52. The minimum Gasteiger partial charge on any atom is -0.398 e. The molecule has 0 radical (unpaired) electrons. The van der Waals surface area contributed by atoms with E-state index >= 15 is 0 Å². The third-order valence-electron chi connectivity index (χ3n) is 2.78. The molecule has 0 saturated carbocycles. The minimum absolute atomic E-state index is 0.0961. The first-order valence-electron chi connectivity index (χ1n) is 6.06. The summed E-state index contributed by atoms with van der Waals surface area (Å²) in [5, 5.41) is 2.21. The van der Waals surface area contributed by atoms with Gasteiger partial charge in [0.25, 0.3) is 0 Å². The van der Waals surface area contributed by atoms with Gasteiger partial charge in [0.2, 0.25) is 0 Å². The molecule has 0 heterocycles. The Bertz CT molecular complexity index is 769. The summed E-state index contributed by atoms with van der Waals surface area (Å²) < 4.78 is 24.1. The Morgan fingerprint density at radius 1 is 1.00 bits per heavy atom. The maximum absolute atomic E-state index is 12.1. The maximum atomic E-state index is 12.1. The smallest absolute Gasteiger partial charge is 0.175 e. The van der Waals surface area contributed by atoms with E-state index in [1.165, 1.54) is 6.08 Å². The van der Waals surface area contributed by atoms with E-state index in [4.69, 9.17) is 28.9 Å². The Morgan fingerprint density at radius 2 is 1.62 bits per heavy atom. The molecule has 2 N–H and O–H groups in total. The molecule has 0 spiro atoms. The zero-order valence-corrected chi connectivity index (χ0v) is 13.3. The molecular weight excluding hydrogens is 329 g/mol. The van der Waals surface area contributed by atoms with Crippen LogP contribution in [0.25, 0.3) is 6.08 Å². The van der Waals surface area contributed by atoms with Crippen molar-refractivity contribution in [3.63, 3.8) is 0 Å². The quantitative estimate of drug-likeness (QED) is 0.849. The Kier molecular flexibility index (Phi) is 4.93. The van der Waals surface area contributed by atoms with Crippen LogP contribution in [0.15, 0.2) is 47.9 Å². The SMILES string of the molecule is Nc1ccc(Cl)cc1/C=C/S(=O)(=O)Cc1ccc(Cl)cc1. The van der Waals surface area contributed by atoms with E-state index in [0.29, 0.717) is 26.9 Å². The number of halogens is 2. The van der Waals surface area contributed by atoms with Crippen LogP contribution in [0.1, 0.15) is 11.1 Å². The number of nitrogen functional groups attached to an aromatic ring is 1. The van der Waals surface area contributed by atoms with E-state index in [-0.39, 0.29) is 5.75 Å². The molecule has 2 aromatic carbocycles. The maximum Gasteiger partial charge on any atom is 0.175 e. The number of nitrogens with two attached hydrogens (primary N) is 1. The van der Waals surface area contributed by atoms with Crippen molar-refractivity contribution in [2.75, 3.05) is 5.73 Å². The van der Waals surface area contributed by atoms with Crippen LogP contribution < -0.4 is 5.73 Å². The van der Waals surface area contributed by atoms with Crippen LogP contribution >= 0.6 is 23.2 Å². The fourth-order valence-corrected chi connectivity index (χ4v) is 3.14. The zero-order valence-electron chi connectivity index (χ0n) is 11.0. The van der Waals surface area contributed by atoms with Gasteiger partial charge in [-0.2, -0.15) is 0 Å². The summed E-state index contributed by atoms with van der Waals surface area (Å²) in [5.74, 6) is -0.0961. The van der Waals surface area contributed by atoms with Crippen molar-refractivity contribution in [1.29, 1.82) is 0 Å². The Morgan fingerprint density at radius 3 is 2.29 bits per heavy atom. The van der Waals surface area contributed by atoms with Crippen LogP contribution in [0.4, 0.5) is 5.69 Å². The van der Waals surface area contributed by atoms with E-state index in [9.17, 15) is 8.42 Å². The molecule has 0 atom stereocenters. The summed E-state index contributed by atoms with van der Waals surface area (Å²) in [6, 6.07) is 11.6. The van der Waals surface area contributed by atoms with Crippen LogP contribution in [0, 0.1) is 0 Å². The van der Waals surface area contributed by atoms with Crippen molar-refractivity contribution in [1.82, 2.24) is 0 Å². The molecule has 0 fully saturated rings. The lowest BCUT2D eigenvalue weighted by molar-refractivity contribution is 0.604. The van der Waals surface area contributed by atoms with Gasteiger partial charge in [-0.15, -0.1) is 0 Å². The van der Waals surface area contributed by atoms with E-state index in [1.807, 2.05) is 0 Å². The third kappa shape index (κ3) is 4.77. The topological polar surface area (TPSA) is 60.2 Å². The van der Waals surface area contributed by atoms with Gasteiger partial charge in [-0.05, 0) is 47.5 Å². The Hall–Kier alpha value is -1.49. The summed E-state index contributed by atoms with van der Waals surface area (Å²) in [6.45, 7) is 0. The zero-order chi connectivity index (χ0) is 15.5. The number of benzene rings is 2. The highest BCUT2D eigenvalue weighted by atomic mass is 35.5. The molecule has 0 saturated heterocycles. The fourth-order valence-electron chi connectivity index (χ4n) is 1.73. The van der Waals surface area contributed by atoms with E-state index in [2.05, 4.69) is 0 Å². The van der Waals surface area contributed by atoms with Gasteiger partial charge in [0.1, 0.15) is 0 Å². The highest BCUT2D eigenvalue weighted by molar-refractivity contribution is 7.93. The van der Waals surface area contributed by atoms with Gasteiger partial charge in [-0.3, -0.25) is 0 Å². The number of hydrogen-bond donors (Lipinski definition) is 1. The lowest BCUT2D eigenvalue weighted by Crippen LogP contribution is -2.00. The summed E-state index contributed by atoms with van der Waals surface area (Å²) in [7, 11) is -3.40. The molecule has 0 aliphatic heterocycles. The first-order chi connectivity index (χ1) is 9.85. The monoisotopic (exact) mass is 341 g/mol. The average Bonchev–Trinajstić information content (AvgIpc) is 2.42. The normalized spacial score (nSPS) is 11.9. The number of sulfone groups is 1. The molecule has 2 aromatic rings. The summed E-state index contributed by atoms with van der Waals surface area (Å²) in [4.78, 5) is 0. The molecular formula is C15H13Cl2NO2S. The molecule has 110 valence electrons. The third-order valence-corrected chi connectivity index (χ3v) is 4.56. The van der Waals surface area contributed by atoms with Gasteiger partial charge >= 0.3 is 0 Å². The lowest BCUT2D eigenvalue weighted by Gasteiger charge is -2.02. The summed E-state index contributed by atoms with van der Waals surface area (Å²) in [6.07, 6.45) is 1.45. The van der Waals surface area contributed by atoms with Crippen LogP contribution in [0.3, 0.4) is 0 Å². The van der Waals surface area contributed by atoms with Gasteiger partial charge in [-0.25, -0.2) is 8.42 Å². The van der Waals surface area contributed by atoms with Gasteiger partial charge in [0, 0.05) is 21.1 Å².